The summed E-state index contributed by atoms with van der Waals surface area (Å²) >= 11 is 0. The lowest BCUT2D eigenvalue weighted by atomic mass is 10.2. The van der Waals surface area contributed by atoms with Gasteiger partial charge in [0.25, 0.3) is 0 Å². The molecular formula is C17H15NO4. The summed E-state index contributed by atoms with van der Waals surface area (Å²) in [6.07, 6.45) is 2.92. The molecule has 0 aliphatic heterocycles. The Morgan fingerprint density at radius 2 is 1.64 bits per heavy atom. The molecule has 0 unspecified atom stereocenters. The third-order valence-electron chi connectivity index (χ3n) is 2.85. The molecule has 0 bridgehead atoms. The Balaban J connectivity index is 2.02. The molecule has 0 fully saturated rings. The van der Waals surface area contributed by atoms with Crippen molar-refractivity contribution in [2.75, 3.05) is 12.8 Å². The molecule has 2 aromatic rings. The van der Waals surface area contributed by atoms with E-state index in [1.807, 2.05) is 0 Å². The van der Waals surface area contributed by atoms with E-state index in [1.165, 1.54) is 13.2 Å². The molecule has 0 spiro atoms. The molecule has 0 aliphatic rings. The van der Waals surface area contributed by atoms with Gasteiger partial charge >= 0.3 is 11.9 Å². The number of carbonyl (C=O) groups excluding carboxylic acids is 2. The van der Waals surface area contributed by atoms with Crippen molar-refractivity contribution in [3.8, 4) is 5.75 Å². The van der Waals surface area contributed by atoms with Crippen molar-refractivity contribution in [2.24, 2.45) is 0 Å². The Hall–Kier alpha value is -3.08. The Kier molecular flexibility index (Phi) is 4.93. The standard InChI is InChI=1S/C17H15NO4/c1-21-16(19)11-4-12-2-9-15(10-3-12)22-17(20)13-5-7-14(18)8-6-13/h2-11H,18H2,1H3. The average Bonchev–Trinajstić information content (AvgIpc) is 2.54. The third kappa shape index (κ3) is 4.21. The Morgan fingerprint density at radius 3 is 2.23 bits per heavy atom. The normalized spacial score (nSPS) is 10.4. The highest BCUT2D eigenvalue weighted by atomic mass is 16.5. The van der Waals surface area contributed by atoms with Crippen molar-refractivity contribution in [3.63, 3.8) is 0 Å². The van der Waals surface area contributed by atoms with Crippen LogP contribution in [0, 0.1) is 0 Å². The van der Waals surface area contributed by atoms with E-state index in [0.717, 1.165) is 5.56 Å². The lowest BCUT2D eigenvalue weighted by molar-refractivity contribution is -0.134. The minimum absolute atomic E-state index is 0.414. The summed E-state index contributed by atoms with van der Waals surface area (Å²) in [5.74, 6) is -0.478. The molecule has 0 aliphatic carbocycles. The first-order chi connectivity index (χ1) is 10.6. The van der Waals surface area contributed by atoms with E-state index in [0.29, 0.717) is 17.0 Å². The number of rotatable bonds is 4. The van der Waals surface area contributed by atoms with Crippen LogP contribution in [0.4, 0.5) is 5.69 Å². The van der Waals surface area contributed by atoms with Crippen molar-refractivity contribution in [3.05, 3.63) is 65.7 Å². The van der Waals surface area contributed by atoms with Crippen molar-refractivity contribution in [2.45, 2.75) is 0 Å². The van der Waals surface area contributed by atoms with E-state index in [4.69, 9.17) is 10.5 Å². The number of nitrogens with two attached hydrogens (primary N) is 1. The molecule has 0 heterocycles. The zero-order valence-corrected chi connectivity index (χ0v) is 12.0. The molecule has 112 valence electrons. The Labute approximate surface area is 128 Å². The predicted molar refractivity (Wildman–Crippen MR) is 83.3 cm³/mol. The van der Waals surface area contributed by atoms with Gasteiger partial charge in [-0.25, -0.2) is 9.59 Å². The van der Waals surface area contributed by atoms with Crippen molar-refractivity contribution in [1.82, 2.24) is 0 Å². The van der Waals surface area contributed by atoms with Gasteiger partial charge in [-0.15, -0.1) is 0 Å². The fourth-order valence-electron chi connectivity index (χ4n) is 1.66. The van der Waals surface area contributed by atoms with Crippen LogP contribution < -0.4 is 10.5 Å². The van der Waals surface area contributed by atoms with Gasteiger partial charge in [-0.1, -0.05) is 12.1 Å². The molecule has 5 heteroatoms. The minimum atomic E-state index is -0.460. The fourth-order valence-corrected chi connectivity index (χ4v) is 1.66. The van der Waals surface area contributed by atoms with Crippen LogP contribution in [-0.4, -0.2) is 19.0 Å². The highest BCUT2D eigenvalue weighted by Gasteiger charge is 2.07. The van der Waals surface area contributed by atoms with Gasteiger partial charge < -0.3 is 15.2 Å². The van der Waals surface area contributed by atoms with Crippen molar-refractivity contribution in [1.29, 1.82) is 0 Å². The number of hydrogen-bond acceptors (Lipinski definition) is 5. The maximum Gasteiger partial charge on any atom is 0.343 e. The predicted octanol–water partition coefficient (Wildman–Crippen LogP) is 2.67. The number of esters is 2. The molecule has 0 saturated heterocycles. The number of nitrogen functional groups attached to an aromatic ring is 1. The second-order valence-corrected chi connectivity index (χ2v) is 4.44. The average molecular weight is 297 g/mol. The monoisotopic (exact) mass is 297 g/mol. The van der Waals surface area contributed by atoms with Crippen LogP contribution >= 0.6 is 0 Å². The van der Waals surface area contributed by atoms with E-state index < -0.39 is 11.9 Å². The number of hydrogen-bond donors (Lipinski definition) is 1. The van der Waals surface area contributed by atoms with Crippen molar-refractivity contribution >= 4 is 23.7 Å². The summed E-state index contributed by atoms with van der Waals surface area (Å²) in [5, 5.41) is 0. The lowest BCUT2D eigenvalue weighted by Crippen LogP contribution is -2.08. The first-order valence-corrected chi connectivity index (χ1v) is 6.52. The smallest absolute Gasteiger partial charge is 0.343 e. The topological polar surface area (TPSA) is 78.6 Å². The number of anilines is 1. The van der Waals surface area contributed by atoms with Crippen molar-refractivity contribution < 1.29 is 19.1 Å². The zero-order valence-electron chi connectivity index (χ0n) is 12.0. The fraction of sp³-hybridized carbons (Fsp3) is 0.0588. The summed E-state index contributed by atoms with van der Waals surface area (Å²) in [6, 6.07) is 13.2. The third-order valence-corrected chi connectivity index (χ3v) is 2.85. The molecule has 0 radical (unpaired) electrons. The van der Waals surface area contributed by atoms with Crippen LogP contribution in [-0.2, 0) is 9.53 Å². The summed E-state index contributed by atoms with van der Waals surface area (Å²) in [6.45, 7) is 0. The van der Waals surface area contributed by atoms with Crippen LogP contribution in [0.5, 0.6) is 5.75 Å². The van der Waals surface area contributed by atoms with E-state index in [-0.39, 0.29) is 0 Å². The van der Waals surface area contributed by atoms with Gasteiger partial charge in [0.15, 0.2) is 0 Å². The molecule has 0 aromatic heterocycles. The lowest BCUT2D eigenvalue weighted by Gasteiger charge is -2.05. The van der Waals surface area contributed by atoms with Gasteiger partial charge in [-0.2, -0.15) is 0 Å². The molecular weight excluding hydrogens is 282 g/mol. The van der Waals surface area contributed by atoms with E-state index in [1.54, 1.807) is 54.6 Å². The van der Waals surface area contributed by atoms with Gasteiger partial charge in [0, 0.05) is 11.8 Å². The zero-order chi connectivity index (χ0) is 15.9. The van der Waals surface area contributed by atoms with E-state index >= 15 is 0 Å². The summed E-state index contributed by atoms with van der Waals surface area (Å²) in [5.41, 5.74) is 7.36. The molecule has 0 saturated carbocycles. The molecule has 22 heavy (non-hydrogen) atoms. The summed E-state index contributed by atoms with van der Waals surface area (Å²) in [7, 11) is 1.31. The molecule has 5 nitrogen and oxygen atoms in total. The van der Waals surface area contributed by atoms with Gasteiger partial charge in [0.05, 0.1) is 12.7 Å². The van der Waals surface area contributed by atoms with Crippen LogP contribution in [0.2, 0.25) is 0 Å². The quantitative estimate of drug-likeness (QED) is 0.406. The number of carbonyl (C=O) groups is 2. The minimum Gasteiger partial charge on any atom is -0.466 e. The van der Waals surface area contributed by atoms with Gasteiger partial charge in [0.2, 0.25) is 0 Å². The molecule has 2 aromatic carbocycles. The first-order valence-electron chi connectivity index (χ1n) is 6.52. The molecule has 0 amide bonds. The van der Waals surface area contributed by atoms with Crippen LogP contribution in [0.15, 0.2) is 54.6 Å². The maximum absolute atomic E-state index is 11.9. The van der Waals surface area contributed by atoms with Gasteiger partial charge in [-0.05, 0) is 48.0 Å². The van der Waals surface area contributed by atoms with Gasteiger partial charge in [-0.3, -0.25) is 0 Å². The number of benzene rings is 2. The molecule has 2 N–H and O–H groups in total. The second kappa shape index (κ2) is 7.08. The Morgan fingerprint density at radius 1 is 1.00 bits per heavy atom. The van der Waals surface area contributed by atoms with E-state index in [9.17, 15) is 9.59 Å². The first kappa shape index (κ1) is 15.3. The highest BCUT2D eigenvalue weighted by Crippen LogP contribution is 2.16. The number of ether oxygens (including phenoxy) is 2. The van der Waals surface area contributed by atoms with Crippen LogP contribution in [0.1, 0.15) is 15.9 Å². The molecule has 0 atom stereocenters. The Bertz CT molecular complexity index is 688. The summed E-state index contributed by atoms with van der Waals surface area (Å²) in [4.78, 5) is 22.9. The van der Waals surface area contributed by atoms with E-state index in [2.05, 4.69) is 4.74 Å². The van der Waals surface area contributed by atoms with Crippen LogP contribution in [0.3, 0.4) is 0 Å². The largest absolute Gasteiger partial charge is 0.466 e. The SMILES string of the molecule is COC(=O)C=Cc1ccc(OC(=O)c2ccc(N)cc2)cc1. The maximum atomic E-state index is 11.9. The van der Waals surface area contributed by atoms with Crippen LogP contribution in [0.25, 0.3) is 6.08 Å². The highest BCUT2D eigenvalue weighted by molar-refractivity contribution is 5.91. The number of methoxy groups -OCH3 is 1. The molecule has 2 rings (SSSR count). The second-order valence-electron chi connectivity index (χ2n) is 4.44. The summed E-state index contributed by atoms with van der Waals surface area (Å²) < 4.78 is 9.75. The van der Waals surface area contributed by atoms with Gasteiger partial charge in [0.1, 0.15) is 5.75 Å².